The number of carbonyl (C=O) groups is 1. The molecule has 0 atom stereocenters. The lowest BCUT2D eigenvalue weighted by Crippen LogP contribution is -2.13. The van der Waals surface area contributed by atoms with Crippen LogP contribution < -0.4 is 0 Å². The second-order valence-corrected chi connectivity index (χ2v) is 4.94. The predicted octanol–water partition coefficient (Wildman–Crippen LogP) is 2.60. The van der Waals surface area contributed by atoms with E-state index in [2.05, 4.69) is 10.1 Å². The number of benzene rings is 1. The third-order valence-corrected chi connectivity index (χ3v) is 3.19. The Morgan fingerprint density at radius 2 is 2.17 bits per heavy atom. The number of hydrogen-bond acceptors (Lipinski definition) is 5. The number of nitrogens with zero attached hydrogens (tertiary/aromatic N) is 3. The van der Waals surface area contributed by atoms with Gasteiger partial charge < -0.3 is 9.15 Å². The highest BCUT2D eigenvalue weighted by Crippen LogP contribution is 2.21. The minimum atomic E-state index is -0.995. The van der Waals surface area contributed by atoms with Gasteiger partial charge >= 0.3 is 5.97 Å². The van der Waals surface area contributed by atoms with Crippen molar-refractivity contribution >= 4 is 5.97 Å². The first kappa shape index (κ1) is 15.9. The molecule has 6 nitrogen and oxygen atoms in total. The lowest BCUT2D eigenvalue weighted by molar-refractivity contribution is -0.143. The molecule has 0 unspecified atom stereocenters. The monoisotopic (exact) mass is 333 g/mol. The van der Waals surface area contributed by atoms with E-state index in [9.17, 15) is 13.6 Å². The molecule has 0 aliphatic heterocycles. The summed E-state index contributed by atoms with van der Waals surface area (Å²) in [5, 5.41) is 3.99. The normalized spacial score (nSPS) is 10.8. The molecule has 8 heteroatoms. The van der Waals surface area contributed by atoms with E-state index in [-0.39, 0.29) is 24.5 Å². The second-order valence-electron chi connectivity index (χ2n) is 4.94. The predicted molar refractivity (Wildman–Crippen MR) is 78.7 cm³/mol. The van der Waals surface area contributed by atoms with E-state index in [1.807, 2.05) is 0 Å². The Hall–Kier alpha value is -3.03. The summed E-state index contributed by atoms with van der Waals surface area (Å²) in [6.45, 7) is 0.645. The van der Waals surface area contributed by atoms with Crippen molar-refractivity contribution in [2.24, 2.45) is 0 Å². The number of carbonyl (C=O) groups excluding carboxylic acids is 1. The highest BCUT2D eigenvalue weighted by Gasteiger charge is 2.13. The summed E-state index contributed by atoms with van der Waals surface area (Å²) in [6, 6.07) is 5.08. The number of ether oxygens (including phenoxy) is 1. The summed E-state index contributed by atoms with van der Waals surface area (Å²) in [6.07, 6.45) is 4.61. The van der Waals surface area contributed by atoms with Crippen LogP contribution in [0.25, 0.3) is 11.5 Å². The molecule has 124 valence electrons. The summed E-state index contributed by atoms with van der Waals surface area (Å²) in [7, 11) is 0. The standard InChI is InChI=1S/C16H13F2N3O3/c17-13-3-2-11(8-14(13)18)16-20-12(10-24-16)9-15(22)23-7-6-21-5-1-4-19-21/h1-5,8,10H,6-7,9H2. The fourth-order valence-electron chi connectivity index (χ4n) is 2.03. The van der Waals surface area contributed by atoms with Crippen molar-refractivity contribution in [2.45, 2.75) is 13.0 Å². The SMILES string of the molecule is O=C(Cc1coc(-c2ccc(F)c(F)c2)n1)OCCn1cccn1. The molecule has 0 aliphatic carbocycles. The Morgan fingerprint density at radius 1 is 1.29 bits per heavy atom. The lowest BCUT2D eigenvalue weighted by Gasteiger charge is -2.03. The van der Waals surface area contributed by atoms with Gasteiger partial charge in [0, 0.05) is 18.0 Å². The van der Waals surface area contributed by atoms with E-state index >= 15 is 0 Å². The fraction of sp³-hybridized carbons (Fsp3) is 0.188. The maximum Gasteiger partial charge on any atom is 0.312 e. The third-order valence-electron chi connectivity index (χ3n) is 3.19. The fourth-order valence-corrected chi connectivity index (χ4v) is 2.03. The highest BCUT2D eigenvalue weighted by molar-refractivity contribution is 5.72. The summed E-state index contributed by atoms with van der Waals surface area (Å²) in [4.78, 5) is 15.8. The Morgan fingerprint density at radius 3 is 2.92 bits per heavy atom. The van der Waals surface area contributed by atoms with E-state index in [0.717, 1.165) is 12.1 Å². The zero-order valence-electron chi connectivity index (χ0n) is 12.5. The molecule has 2 aromatic heterocycles. The van der Waals surface area contributed by atoms with Gasteiger partial charge in [-0.2, -0.15) is 5.10 Å². The van der Waals surface area contributed by atoms with Gasteiger partial charge in [-0.25, -0.2) is 13.8 Å². The van der Waals surface area contributed by atoms with Crippen LogP contribution in [-0.2, 0) is 22.5 Å². The van der Waals surface area contributed by atoms with Crippen LogP contribution in [0.15, 0.2) is 47.3 Å². The topological polar surface area (TPSA) is 70.2 Å². The minimum Gasteiger partial charge on any atom is -0.463 e. The van der Waals surface area contributed by atoms with E-state index in [0.29, 0.717) is 12.2 Å². The maximum absolute atomic E-state index is 13.2. The van der Waals surface area contributed by atoms with E-state index < -0.39 is 17.6 Å². The zero-order chi connectivity index (χ0) is 16.9. The zero-order valence-corrected chi connectivity index (χ0v) is 12.5. The molecule has 2 heterocycles. The van der Waals surface area contributed by atoms with Crippen molar-refractivity contribution in [3.63, 3.8) is 0 Å². The molecule has 0 spiro atoms. The van der Waals surface area contributed by atoms with Crippen molar-refractivity contribution in [3.8, 4) is 11.5 Å². The lowest BCUT2D eigenvalue weighted by atomic mass is 10.2. The number of aromatic nitrogens is 3. The van der Waals surface area contributed by atoms with E-state index in [1.54, 1.807) is 23.1 Å². The molecule has 1 aromatic carbocycles. The smallest absolute Gasteiger partial charge is 0.312 e. The first-order chi connectivity index (χ1) is 11.6. The minimum absolute atomic E-state index is 0.0771. The Bertz CT molecular complexity index is 831. The van der Waals surface area contributed by atoms with Crippen molar-refractivity contribution in [3.05, 3.63) is 60.3 Å². The molecule has 0 fully saturated rings. The van der Waals surface area contributed by atoms with Crippen molar-refractivity contribution in [1.82, 2.24) is 14.8 Å². The Labute approximate surface area is 135 Å². The third kappa shape index (κ3) is 3.83. The first-order valence-electron chi connectivity index (χ1n) is 7.15. The Balaban J connectivity index is 1.55. The number of rotatable bonds is 6. The van der Waals surface area contributed by atoms with Gasteiger partial charge in [-0.15, -0.1) is 0 Å². The number of esters is 1. The van der Waals surface area contributed by atoms with Gasteiger partial charge in [-0.3, -0.25) is 9.48 Å². The van der Waals surface area contributed by atoms with Gasteiger partial charge in [0.25, 0.3) is 0 Å². The van der Waals surface area contributed by atoms with Crippen LogP contribution in [0.3, 0.4) is 0 Å². The molecule has 0 saturated carbocycles. The van der Waals surface area contributed by atoms with Gasteiger partial charge in [-0.1, -0.05) is 0 Å². The van der Waals surface area contributed by atoms with Crippen molar-refractivity contribution in [2.75, 3.05) is 6.61 Å². The van der Waals surface area contributed by atoms with Gasteiger partial charge in [-0.05, 0) is 24.3 Å². The van der Waals surface area contributed by atoms with Crippen LogP contribution in [0.1, 0.15) is 5.69 Å². The largest absolute Gasteiger partial charge is 0.463 e. The van der Waals surface area contributed by atoms with Gasteiger partial charge in [0.05, 0.1) is 18.7 Å². The average molecular weight is 333 g/mol. The van der Waals surface area contributed by atoms with Crippen LogP contribution in [0.2, 0.25) is 0 Å². The van der Waals surface area contributed by atoms with Crippen LogP contribution in [0, 0.1) is 11.6 Å². The molecule has 0 aliphatic rings. The molecule has 0 amide bonds. The quantitative estimate of drug-likeness (QED) is 0.649. The van der Waals surface area contributed by atoms with Crippen LogP contribution in [0.4, 0.5) is 8.78 Å². The average Bonchev–Trinajstić information content (AvgIpc) is 3.22. The molecule has 24 heavy (non-hydrogen) atoms. The van der Waals surface area contributed by atoms with Crippen LogP contribution >= 0.6 is 0 Å². The molecule has 0 bridgehead atoms. The van der Waals surface area contributed by atoms with Gasteiger partial charge in [0.1, 0.15) is 12.9 Å². The maximum atomic E-state index is 13.2. The molecular weight excluding hydrogens is 320 g/mol. The number of halogens is 2. The van der Waals surface area contributed by atoms with Crippen LogP contribution in [0.5, 0.6) is 0 Å². The van der Waals surface area contributed by atoms with Gasteiger partial charge in [0.15, 0.2) is 11.6 Å². The Kier molecular flexibility index (Phi) is 4.64. The molecule has 0 radical (unpaired) electrons. The molecule has 3 aromatic rings. The molecule has 0 N–H and O–H groups in total. The summed E-state index contributed by atoms with van der Waals surface area (Å²) in [5.41, 5.74) is 0.631. The summed E-state index contributed by atoms with van der Waals surface area (Å²) < 4.78 is 38.0. The summed E-state index contributed by atoms with van der Waals surface area (Å²) in [5.74, 6) is -2.31. The van der Waals surface area contributed by atoms with Crippen molar-refractivity contribution in [1.29, 1.82) is 0 Å². The van der Waals surface area contributed by atoms with Crippen LogP contribution in [-0.4, -0.2) is 27.3 Å². The van der Waals surface area contributed by atoms with E-state index in [4.69, 9.17) is 9.15 Å². The second kappa shape index (κ2) is 7.03. The van der Waals surface area contributed by atoms with Gasteiger partial charge in [0.2, 0.25) is 5.89 Å². The summed E-state index contributed by atoms with van der Waals surface area (Å²) >= 11 is 0. The molecular formula is C16H13F2N3O3. The highest BCUT2D eigenvalue weighted by atomic mass is 19.2. The molecule has 0 saturated heterocycles. The van der Waals surface area contributed by atoms with E-state index in [1.165, 1.54) is 12.3 Å². The molecule has 3 rings (SSSR count). The van der Waals surface area contributed by atoms with Crippen molar-refractivity contribution < 1.29 is 22.7 Å². The number of hydrogen-bond donors (Lipinski definition) is 0. The number of oxazole rings is 1. The first-order valence-corrected chi connectivity index (χ1v) is 7.15.